The lowest BCUT2D eigenvalue weighted by molar-refractivity contribution is -0.377. The van der Waals surface area contributed by atoms with Crippen LogP contribution in [0.15, 0.2) is 85.2 Å². The molecule has 4 saturated heterocycles. The summed E-state index contributed by atoms with van der Waals surface area (Å²) in [6.07, 6.45) is 7.32. The Balaban J connectivity index is 0.982. The third-order valence-corrected chi connectivity index (χ3v) is 12.3. The van der Waals surface area contributed by atoms with Gasteiger partial charge in [-0.25, -0.2) is 9.78 Å². The first-order valence-electron chi connectivity index (χ1n) is 18.8. The molecule has 0 saturated carbocycles. The molecule has 54 heavy (non-hydrogen) atoms. The van der Waals surface area contributed by atoms with Gasteiger partial charge in [-0.3, -0.25) is 9.69 Å². The number of nitrogens with zero attached hydrogens (tertiary/aromatic N) is 2. The van der Waals surface area contributed by atoms with Crippen LogP contribution in [0.5, 0.6) is 11.5 Å². The van der Waals surface area contributed by atoms with Crippen molar-refractivity contribution in [3.05, 3.63) is 123 Å². The Kier molecular flexibility index (Phi) is 12.1. The minimum atomic E-state index is -0.704. The summed E-state index contributed by atoms with van der Waals surface area (Å²) in [5.74, 6) is 1.04. The number of nitrogens with one attached hydrogen (secondary N) is 1. The fourth-order valence-electron chi connectivity index (χ4n) is 8.25. The molecule has 9 nitrogen and oxygen atoms in total. The van der Waals surface area contributed by atoms with Gasteiger partial charge in [0.15, 0.2) is 23.9 Å². The SMILES string of the molecule is COc1ccc([C@H](Cc2c(Cl)c[nH+]cc2Cl)OC(=O)c2ccc(CCN3CCC(C(=O)O[C@H]4CN5CCC4CC5)(c4ccccc4)CC3)cc2)cc1OC. The maximum atomic E-state index is 14.0. The van der Waals surface area contributed by atoms with E-state index in [0.29, 0.717) is 44.2 Å². The molecule has 4 aliphatic heterocycles. The van der Waals surface area contributed by atoms with E-state index in [0.717, 1.165) is 82.5 Å². The number of methoxy groups -OCH3 is 2. The fraction of sp³-hybridized carbons (Fsp3) is 0.419. The number of fused-ring (bicyclic) bond motifs is 3. The molecule has 0 spiro atoms. The first-order valence-corrected chi connectivity index (χ1v) is 19.6. The first-order chi connectivity index (χ1) is 26.3. The highest BCUT2D eigenvalue weighted by molar-refractivity contribution is 6.35. The number of aromatic nitrogens is 1. The molecule has 1 aromatic heterocycles. The van der Waals surface area contributed by atoms with Gasteiger partial charge in [0.25, 0.3) is 0 Å². The Bertz CT molecular complexity index is 1890. The Labute approximate surface area is 327 Å². The number of halogens is 2. The number of piperidine rings is 4. The molecule has 0 unspecified atom stereocenters. The second kappa shape index (κ2) is 17.1. The van der Waals surface area contributed by atoms with Gasteiger partial charge < -0.3 is 23.8 Å². The summed E-state index contributed by atoms with van der Waals surface area (Å²) in [5.41, 5.74) is 3.35. The van der Waals surface area contributed by atoms with Gasteiger partial charge in [0.1, 0.15) is 22.3 Å². The number of aromatic amines is 1. The van der Waals surface area contributed by atoms with Crippen LogP contribution in [0, 0.1) is 5.92 Å². The van der Waals surface area contributed by atoms with Crippen LogP contribution >= 0.6 is 23.2 Å². The highest BCUT2D eigenvalue weighted by Crippen LogP contribution is 2.40. The maximum Gasteiger partial charge on any atom is 0.338 e. The molecule has 4 fully saturated rings. The van der Waals surface area contributed by atoms with E-state index in [9.17, 15) is 9.59 Å². The van der Waals surface area contributed by atoms with E-state index in [1.54, 1.807) is 38.7 Å². The number of hydrogen-bond donors (Lipinski definition) is 0. The van der Waals surface area contributed by atoms with Gasteiger partial charge in [-0.05, 0) is 105 Å². The highest BCUT2D eigenvalue weighted by Gasteiger charge is 2.47. The molecule has 0 radical (unpaired) electrons. The number of H-pyrrole nitrogens is 1. The summed E-state index contributed by atoms with van der Waals surface area (Å²) >= 11 is 13.0. The predicted molar refractivity (Wildman–Crippen MR) is 207 cm³/mol. The monoisotopic (exact) mass is 772 g/mol. The van der Waals surface area contributed by atoms with Crippen molar-refractivity contribution in [1.29, 1.82) is 0 Å². The number of carbonyl (C=O) groups is 2. The molecule has 3 aromatic carbocycles. The minimum absolute atomic E-state index is 0.00431. The number of carbonyl (C=O) groups excluding carboxylic acids is 2. The molecule has 4 aromatic rings. The summed E-state index contributed by atoms with van der Waals surface area (Å²) in [5, 5.41) is 0.884. The molecule has 2 bridgehead atoms. The predicted octanol–water partition coefficient (Wildman–Crippen LogP) is 7.18. The third-order valence-electron chi connectivity index (χ3n) is 11.6. The average molecular weight is 774 g/mol. The van der Waals surface area contributed by atoms with Gasteiger partial charge in [0.2, 0.25) is 0 Å². The van der Waals surface area contributed by atoms with Crippen LogP contribution in [0.4, 0.5) is 0 Å². The Morgan fingerprint density at radius 1 is 0.870 bits per heavy atom. The average Bonchev–Trinajstić information content (AvgIpc) is 3.21. The molecule has 5 heterocycles. The van der Waals surface area contributed by atoms with E-state index in [1.165, 1.54) is 0 Å². The number of esters is 2. The molecular weight excluding hydrogens is 725 g/mol. The second-order valence-electron chi connectivity index (χ2n) is 14.7. The number of pyridine rings is 1. The normalized spacial score (nSPS) is 21.2. The topological polar surface area (TPSA) is 91.7 Å². The van der Waals surface area contributed by atoms with Gasteiger partial charge >= 0.3 is 11.9 Å². The number of benzene rings is 3. The number of rotatable bonds is 13. The van der Waals surface area contributed by atoms with Crippen LogP contribution in [-0.2, 0) is 32.5 Å². The maximum absolute atomic E-state index is 14.0. The second-order valence-corrected chi connectivity index (χ2v) is 15.5. The number of ether oxygens (including phenoxy) is 4. The summed E-state index contributed by atoms with van der Waals surface area (Å²) in [6.45, 7) is 5.55. The molecule has 1 N–H and O–H groups in total. The molecule has 11 heteroatoms. The lowest BCUT2D eigenvalue weighted by Crippen LogP contribution is -2.55. The van der Waals surface area contributed by atoms with Crippen molar-refractivity contribution in [1.82, 2.24) is 9.80 Å². The molecular formula is C43H48Cl2N3O6+. The van der Waals surface area contributed by atoms with Crippen molar-refractivity contribution in [2.45, 2.75) is 56.1 Å². The van der Waals surface area contributed by atoms with E-state index in [2.05, 4.69) is 26.9 Å². The zero-order valence-electron chi connectivity index (χ0n) is 30.9. The molecule has 284 valence electrons. The van der Waals surface area contributed by atoms with Crippen LogP contribution in [0.2, 0.25) is 10.0 Å². The Morgan fingerprint density at radius 3 is 2.19 bits per heavy atom. The summed E-state index contributed by atoms with van der Waals surface area (Å²) < 4.78 is 23.4. The number of hydrogen-bond acceptors (Lipinski definition) is 8. The fourth-order valence-corrected chi connectivity index (χ4v) is 8.78. The lowest BCUT2D eigenvalue weighted by Gasteiger charge is -2.46. The largest absolute Gasteiger partial charge is 0.493 e. The summed E-state index contributed by atoms with van der Waals surface area (Å²) in [4.78, 5) is 35.4. The highest BCUT2D eigenvalue weighted by atomic mass is 35.5. The Morgan fingerprint density at radius 2 is 1.56 bits per heavy atom. The van der Waals surface area contributed by atoms with Crippen molar-refractivity contribution < 1.29 is 33.5 Å². The van der Waals surface area contributed by atoms with E-state index >= 15 is 0 Å². The van der Waals surface area contributed by atoms with E-state index in [4.69, 9.17) is 42.1 Å². The van der Waals surface area contributed by atoms with Gasteiger partial charge in [-0.2, -0.15) is 0 Å². The Hall–Kier alpha value is -4.15. The zero-order valence-corrected chi connectivity index (χ0v) is 32.4. The van der Waals surface area contributed by atoms with Gasteiger partial charge in [-0.15, -0.1) is 0 Å². The quantitative estimate of drug-likeness (QED) is 0.132. The van der Waals surface area contributed by atoms with Crippen LogP contribution in [0.25, 0.3) is 0 Å². The van der Waals surface area contributed by atoms with Crippen molar-refractivity contribution in [2.75, 3.05) is 53.5 Å². The molecule has 4 aliphatic rings. The van der Waals surface area contributed by atoms with Crippen LogP contribution in [0.3, 0.4) is 0 Å². The van der Waals surface area contributed by atoms with Crippen LogP contribution in [0.1, 0.15) is 64.4 Å². The van der Waals surface area contributed by atoms with E-state index in [-0.39, 0.29) is 18.5 Å². The number of likely N-dealkylation sites (tertiary alicyclic amines) is 1. The van der Waals surface area contributed by atoms with E-state index in [1.807, 2.05) is 48.5 Å². The van der Waals surface area contributed by atoms with Crippen molar-refractivity contribution in [3.63, 3.8) is 0 Å². The minimum Gasteiger partial charge on any atom is -0.493 e. The smallest absolute Gasteiger partial charge is 0.338 e. The third kappa shape index (κ3) is 8.40. The molecule has 8 rings (SSSR count). The molecule has 0 amide bonds. The zero-order chi connectivity index (χ0) is 37.7. The first kappa shape index (κ1) is 38.1. The van der Waals surface area contributed by atoms with Gasteiger partial charge in [0, 0.05) is 25.1 Å². The van der Waals surface area contributed by atoms with Crippen molar-refractivity contribution >= 4 is 35.1 Å². The summed E-state index contributed by atoms with van der Waals surface area (Å²) in [7, 11) is 3.13. The van der Waals surface area contributed by atoms with Crippen LogP contribution < -0.4 is 14.5 Å². The lowest BCUT2D eigenvalue weighted by atomic mass is 9.72. The van der Waals surface area contributed by atoms with Gasteiger partial charge in [0.05, 0.1) is 25.2 Å². The summed E-state index contributed by atoms with van der Waals surface area (Å²) in [6, 6.07) is 23.2. The van der Waals surface area contributed by atoms with Gasteiger partial charge in [-0.1, -0.05) is 71.7 Å². The molecule has 0 aliphatic carbocycles. The van der Waals surface area contributed by atoms with Crippen molar-refractivity contribution in [2.24, 2.45) is 5.92 Å². The standard InChI is InChI=1S/C43H47Cl2N3O6/c1-51-37-13-12-32(24-39(37)52-2)38(25-34-35(44)26-46-27-36(34)45)53-41(49)31-10-8-29(9-11-31)14-19-47-22-17-43(18-23-47,33-6-4-3-5-7-33)42(50)54-40-28-48-20-15-30(40)16-21-48/h3-13,24,26-27,30,38,40H,14-23,25,28H2,1-2H3/p+1/t38-,40-/m0/s1. The van der Waals surface area contributed by atoms with E-state index < -0.39 is 17.5 Å². The van der Waals surface area contributed by atoms with Crippen LogP contribution in [-0.4, -0.2) is 81.3 Å². The van der Waals surface area contributed by atoms with Crippen molar-refractivity contribution in [3.8, 4) is 11.5 Å². The molecule has 2 atom stereocenters.